The van der Waals surface area contributed by atoms with Gasteiger partial charge in [-0.05, 0) is 25.5 Å². The monoisotopic (exact) mass is 364 g/mol. The fourth-order valence-corrected chi connectivity index (χ4v) is 3.60. The molecule has 0 aliphatic carbocycles. The van der Waals surface area contributed by atoms with Crippen molar-refractivity contribution < 1.29 is 9.18 Å². The Bertz CT molecular complexity index is 954. The molecule has 1 aliphatic heterocycles. The number of carbonyl (C=O) groups is 1. The van der Waals surface area contributed by atoms with Crippen molar-refractivity contribution in [2.45, 2.75) is 19.4 Å². The van der Waals surface area contributed by atoms with Crippen molar-refractivity contribution >= 4 is 11.7 Å². The van der Waals surface area contributed by atoms with Crippen LogP contribution in [0, 0.1) is 12.7 Å². The number of para-hydroxylation sites is 1. The molecule has 1 fully saturated rings. The summed E-state index contributed by atoms with van der Waals surface area (Å²) >= 11 is 0. The molecule has 1 unspecified atom stereocenters. The molecule has 2 aromatic carbocycles. The van der Waals surface area contributed by atoms with E-state index in [0.29, 0.717) is 13.1 Å². The summed E-state index contributed by atoms with van der Waals surface area (Å²) in [6.45, 7) is 3.22. The minimum absolute atomic E-state index is 0.147. The first kappa shape index (κ1) is 17.3. The van der Waals surface area contributed by atoms with Crippen LogP contribution in [0.1, 0.15) is 18.2 Å². The Morgan fingerprint density at radius 1 is 1.15 bits per heavy atom. The number of benzene rings is 2. The molecule has 5 nitrogen and oxygen atoms in total. The van der Waals surface area contributed by atoms with E-state index >= 15 is 0 Å². The van der Waals surface area contributed by atoms with Gasteiger partial charge in [-0.3, -0.25) is 0 Å². The zero-order chi connectivity index (χ0) is 18.8. The van der Waals surface area contributed by atoms with Crippen LogP contribution in [0.5, 0.6) is 0 Å². The Labute approximate surface area is 157 Å². The minimum atomic E-state index is -0.432. The van der Waals surface area contributed by atoms with E-state index in [1.54, 1.807) is 23.1 Å². The maximum Gasteiger partial charge on any atom is 0.321 e. The number of amides is 2. The predicted octanol–water partition coefficient (Wildman–Crippen LogP) is 4.48. The zero-order valence-electron chi connectivity index (χ0n) is 15.1. The van der Waals surface area contributed by atoms with Crippen LogP contribution in [0.4, 0.5) is 14.9 Å². The summed E-state index contributed by atoms with van der Waals surface area (Å²) in [6.07, 6.45) is 2.70. The van der Waals surface area contributed by atoms with Gasteiger partial charge in [0.2, 0.25) is 0 Å². The number of anilines is 1. The third-order valence-electron chi connectivity index (χ3n) is 4.95. The van der Waals surface area contributed by atoms with Crippen molar-refractivity contribution in [2.24, 2.45) is 0 Å². The number of carbonyl (C=O) groups excluding carboxylic acids is 1. The number of likely N-dealkylation sites (tertiary alicyclic amines) is 1. The number of urea groups is 1. The lowest BCUT2D eigenvalue weighted by atomic mass is 10.2. The molecule has 3 aromatic rings. The normalized spacial score (nSPS) is 16.5. The van der Waals surface area contributed by atoms with E-state index in [4.69, 9.17) is 0 Å². The molecule has 0 saturated carbocycles. The standard InChI is InChI=1S/C21H21FN4O/c1-15-13-23-20(16-7-3-2-4-8-16)26(15)17-11-12-25(14-17)21(27)24-19-10-6-5-9-18(19)22/h2-10,13,17H,11-12,14H2,1H3,(H,24,27). The molecule has 4 rings (SSSR count). The summed E-state index contributed by atoms with van der Waals surface area (Å²) in [6, 6.07) is 16.1. The van der Waals surface area contributed by atoms with Crippen LogP contribution in [-0.2, 0) is 0 Å². The molecule has 2 heterocycles. The molecule has 1 N–H and O–H groups in total. The predicted molar refractivity (Wildman–Crippen MR) is 103 cm³/mol. The quantitative estimate of drug-likeness (QED) is 0.745. The van der Waals surface area contributed by atoms with Crippen molar-refractivity contribution in [3.05, 3.63) is 72.3 Å². The van der Waals surface area contributed by atoms with E-state index in [1.807, 2.05) is 43.5 Å². The van der Waals surface area contributed by atoms with Gasteiger partial charge in [-0.25, -0.2) is 14.2 Å². The van der Waals surface area contributed by atoms with Crippen LogP contribution in [-0.4, -0.2) is 33.6 Å². The van der Waals surface area contributed by atoms with Gasteiger partial charge in [-0.15, -0.1) is 0 Å². The van der Waals surface area contributed by atoms with E-state index in [1.165, 1.54) is 6.07 Å². The fourth-order valence-electron chi connectivity index (χ4n) is 3.60. The van der Waals surface area contributed by atoms with E-state index in [-0.39, 0.29) is 17.8 Å². The molecular formula is C21H21FN4O. The number of rotatable bonds is 3. The van der Waals surface area contributed by atoms with Gasteiger partial charge >= 0.3 is 6.03 Å². The lowest BCUT2D eigenvalue weighted by Gasteiger charge is -2.20. The highest BCUT2D eigenvalue weighted by Crippen LogP contribution is 2.30. The SMILES string of the molecule is Cc1cnc(-c2ccccc2)n1C1CCN(C(=O)Nc2ccccc2F)C1. The number of nitrogens with zero attached hydrogens (tertiary/aromatic N) is 3. The molecule has 0 bridgehead atoms. The molecule has 0 radical (unpaired) electrons. The average Bonchev–Trinajstić information content (AvgIpc) is 3.31. The largest absolute Gasteiger partial charge is 0.323 e. The second kappa shape index (κ2) is 7.23. The smallest absolute Gasteiger partial charge is 0.321 e. The van der Waals surface area contributed by atoms with E-state index in [9.17, 15) is 9.18 Å². The lowest BCUT2D eigenvalue weighted by Crippen LogP contribution is -2.33. The maximum atomic E-state index is 13.8. The molecule has 138 valence electrons. The van der Waals surface area contributed by atoms with Gasteiger partial charge < -0.3 is 14.8 Å². The van der Waals surface area contributed by atoms with Crippen LogP contribution in [0.25, 0.3) is 11.4 Å². The molecule has 1 aliphatic rings. The summed E-state index contributed by atoms with van der Waals surface area (Å²) < 4.78 is 16.0. The summed E-state index contributed by atoms with van der Waals surface area (Å²) in [4.78, 5) is 18.8. The minimum Gasteiger partial charge on any atom is -0.323 e. The number of imidazole rings is 1. The molecule has 2 amide bonds. The van der Waals surface area contributed by atoms with Gasteiger partial charge in [0.25, 0.3) is 0 Å². The molecule has 1 saturated heterocycles. The first-order valence-corrected chi connectivity index (χ1v) is 9.03. The van der Waals surface area contributed by atoms with Gasteiger partial charge in [-0.1, -0.05) is 42.5 Å². The zero-order valence-corrected chi connectivity index (χ0v) is 15.1. The second-order valence-corrected chi connectivity index (χ2v) is 6.76. The van der Waals surface area contributed by atoms with Crippen LogP contribution in [0.3, 0.4) is 0 Å². The number of halogens is 1. The highest BCUT2D eigenvalue weighted by molar-refractivity contribution is 5.89. The highest BCUT2D eigenvalue weighted by atomic mass is 19.1. The highest BCUT2D eigenvalue weighted by Gasteiger charge is 2.30. The summed E-state index contributed by atoms with van der Waals surface area (Å²) in [5.41, 5.74) is 2.32. The maximum absolute atomic E-state index is 13.8. The molecular weight excluding hydrogens is 343 g/mol. The van der Waals surface area contributed by atoms with Gasteiger partial charge in [0.15, 0.2) is 0 Å². The molecule has 1 aromatic heterocycles. The third kappa shape index (κ3) is 3.43. The van der Waals surface area contributed by atoms with Crippen LogP contribution >= 0.6 is 0 Å². The van der Waals surface area contributed by atoms with Crippen molar-refractivity contribution in [2.75, 3.05) is 18.4 Å². The van der Waals surface area contributed by atoms with Gasteiger partial charge in [-0.2, -0.15) is 0 Å². The number of hydrogen-bond donors (Lipinski definition) is 1. The van der Waals surface area contributed by atoms with Crippen LogP contribution in [0.2, 0.25) is 0 Å². The van der Waals surface area contributed by atoms with Crippen molar-refractivity contribution in [1.82, 2.24) is 14.5 Å². The Kier molecular flexibility index (Phi) is 4.62. The van der Waals surface area contributed by atoms with E-state index in [2.05, 4.69) is 14.9 Å². The van der Waals surface area contributed by atoms with E-state index in [0.717, 1.165) is 23.5 Å². The third-order valence-corrected chi connectivity index (χ3v) is 4.95. The number of nitrogens with one attached hydrogen (secondary N) is 1. The number of aromatic nitrogens is 2. The Morgan fingerprint density at radius 3 is 2.67 bits per heavy atom. The Balaban J connectivity index is 1.51. The molecule has 27 heavy (non-hydrogen) atoms. The van der Waals surface area contributed by atoms with Crippen molar-refractivity contribution in [3.63, 3.8) is 0 Å². The van der Waals surface area contributed by atoms with Crippen LogP contribution < -0.4 is 5.32 Å². The van der Waals surface area contributed by atoms with Crippen molar-refractivity contribution in [3.8, 4) is 11.4 Å². The van der Waals surface area contributed by atoms with Gasteiger partial charge in [0.1, 0.15) is 11.6 Å². The number of aryl methyl sites for hydroxylation is 1. The molecule has 1 atom stereocenters. The van der Waals surface area contributed by atoms with Gasteiger partial charge in [0.05, 0.1) is 11.7 Å². The second-order valence-electron chi connectivity index (χ2n) is 6.76. The summed E-state index contributed by atoms with van der Waals surface area (Å²) in [5.74, 6) is 0.480. The summed E-state index contributed by atoms with van der Waals surface area (Å²) in [5, 5.41) is 2.67. The summed E-state index contributed by atoms with van der Waals surface area (Å²) in [7, 11) is 0. The molecule has 6 heteroatoms. The van der Waals surface area contributed by atoms with Crippen molar-refractivity contribution in [1.29, 1.82) is 0 Å². The first-order valence-electron chi connectivity index (χ1n) is 9.03. The topological polar surface area (TPSA) is 50.2 Å². The molecule has 0 spiro atoms. The lowest BCUT2D eigenvalue weighted by molar-refractivity contribution is 0.220. The number of hydrogen-bond acceptors (Lipinski definition) is 2. The van der Waals surface area contributed by atoms with Gasteiger partial charge in [0, 0.05) is 30.5 Å². The van der Waals surface area contributed by atoms with E-state index < -0.39 is 5.82 Å². The fraction of sp³-hybridized carbons (Fsp3) is 0.238. The van der Waals surface area contributed by atoms with Crippen LogP contribution in [0.15, 0.2) is 60.8 Å². The average molecular weight is 364 g/mol. The Morgan fingerprint density at radius 2 is 1.89 bits per heavy atom. The Hall–Kier alpha value is -3.15. The first-order chi connectivity index (χ1) is 13.1.